The van der Waals surface area contributed by atoms with Crippen LogP contribution in [0.1, 0.15) is 5.69 Å². The van der Waals surface area contributed by atoms with Gasteiger partial charge >= 0.3 is 0 Å². The zero-order chi connectivity index (χ0) is 13.8. The third-order valence-corrected chi connectivity index (χ3v) is 2.91. The van der Waals surface area contributed by atoms with Crippen molar-refractivity contribution in [3.05, 3.63) is 72.6 Å². The SMILES string of the molecule is Oc1ccccc1OCc1ccn(-c2ccccc2)n1. The summed E-state index contributed by atoms with van der Waals surface area (Å²) in [5.74, 6) is 0.594. The van der Waals surface area contributed by atoms with Gasteiger partial charge < -0.3 is 9.84 Å². The van der Waals surface area contributed by atoms with Crippen LogP contribution in [0.25, 0.3) is 5.69 Å². The summed E-state index contributed by atoms with van der Waals surface area (Å²) >= 11 is 0. The summed E-state index contributed by atoms with van der Waals surface area (Å²) in [4.78, 5) is 0. The number of hydrogen-bond donors (Lipinski definition) is 1. The van der Waals surface area contributed by atoms with E-state index in [2.05, 4.69) is 5.10 Å². The summed E-state index contributed by atoms with van der Waals surface area (Å²) in [6.45, 7) is 0.317. The van der Waals surface area contributed by atoms with E-state index in [1.165, 1.54) is 0 Å². The Balaban J connectivity index is 1.71. The molecule has 100 valence electrons. The van der Waals surface area contributed by atoms with Crippen molar-refractivity contribution in [1.29, 1.82) is 0 Å². The molecule has 0 aliphatic carbocycles. The summed E-state index contributed by atoms with van der Waals surface area (Å²) in [5.41, 5.74) is 1.80. The molecule has 1 N–H and O–H groups in total. The van der Waals surface area contributed by atoms with E-state index in [1.807, 2.05) is 48.7 Å². The zero-order valence-electron chi connectivity index (χ0n) is 10.8. The number of rotatable bonds is 4. The number of para-hydroxylation sites is 3. The first-order valence-corrected chi connectivity index (χ1v) is 6.34. The highest BCUT2D eigenvalue weighted by molar-refractivity contribution is 5.38. The molecule has 3 rings (SSSR count). The number of aromatic nitrogens is 2. The Bertz CT molecular complexity index is 692. The highest BCUT2D eigenvalue weighted by Gasteiger charge is 2.04. The van der Waals surface area contributed by atoms with Crippen LogP contribution in [-0.2, 0) is 6.61 Å². The van der Waals surface area contributed by atoms with Crippen LogP contribution in [0.4, 0.5) is 0 Å². The standard InChI is InChI=1S/C16H14N2O2/c19-15-8-4-5-9-16(15)20-12-13-10-11-18(17-13)14-6-2-1-3-7-14/h1-11,19H,12H2. The maximum Gasteiger partial charge on any atom is 0.161 e. The molecule has 0 saturated carbocycles. The van der Waals surface area contributed by atoms with Gasteiger partial charge in [0.2, 0.25) is 0 Å². The van der Waals surface area contributed by atoms with E-state index in [0.717, 1.165) is 11.4 Å². The van der Waals surface area contributed by atoms with Gasteiger partial charge in [0.25, 0.3) is 0 Å². The van der Waals surface area contributed by atoms with Gasteiger partial charge in [0, 0.05) is 6.20 Å². The van der Waals surface area contributed by atoms with Crippen LogP contribution in [0.2, 0.25) is 0 Å². The van der Waals surface area contributed by atoms with E-state index >= 15 is 0 Å². The van der Waals surface area contributed by atoms with Crippen LogP contribution >= 0.6 is 0 Å². The smallest absolute Gasteiger partial charge is 0.161 e. The van der Waals surface area contributed by atoms with Crippen molar-refractivity contribution >= 4 is 0 Å². The molecule has 4 heteroatoms. The number of nitrogens with zero attached hydrogens (tertiary/aromatic N) is 2. The number of aromatic hydroxyl groups is 1. The van der Waals surface area contributed by atoms with Crippen LogP contribution < -0.4 is 4.74 Å². The van der Waals surface area contributed by atoms with Crippen LogP contribution in [0.3, 0.4) is 0 Å². The molecule has 2 aromatic carbocycles. The lowest BCUT2D eigenvalue weighted by atomic mass is 10.3. The van der Waals surface area contributed by atoms with Gasteiger partial charge in [-0.3, -0.25) is 0 Å². The minimum atomic E-state index is 0.134. The zero-order valence-corrected chi connectivity index (χ0v) is 10.8. The van der Waals surface area contributed by atoms with Gasteiger partial charge in [-0.2, -0.15) is 5.10 Å². The molecule has 1 heterocycles. The van der Waals surface area contributed by atoms with Gasteiger partial charge in [0.15, 0.2) is 11.5 Å². The number of ether oxygens (including phenoxy) is 1. The molecule has 0 atom stereocenters. The van der Waals surface area contributed by atoms with E-state index in [0.29, 0.717) is 12.4 Å². The van der Waals surface area contributed by atoms with Gasteiger partial charge in [0.1, 0.15) is 12.3 Å². The number of phenols is 1. The fourth-order valence-electron chi connectivity index (χ4n) is 1.89. The summed E-state index contributed by atoms with van der Waals surface area (Å²) < 4.78 is 7.34. The minimum absolute atomic E-state index is 0.134. The van der Waals surface area contributed by atoms with Gasteiger partial charge in [-0.05, 0) is 30.3 Å². The number of benzene rings is 2. The normalized spacial score (nSPS) is 10.4. The Morgan fingerprint density at radius 3 is 2.50 bits per heavy atom. The molecule has 0 spiro atoms. The van der Waals surface area contributed by atoms with Gasteiger partial charge in [-0.1, -0.05) is 30.3 Å². The molecular weight excluding hydrogens is 252 g/mol. The molecule has 4 nitrogen and oxygen atoms in total. The molecule has 0 fully saturated rings. The summed E-state index contributed by atoms with van der Waals surface area (Å²) in [6, 6.07) is 18.7. The molecule has 0 saturated heterocycles. The van der Waals surface area contributed by atoms with Crippen LogP contribution in [0.15, 0.2) is 66.9 Å². The second-order valence-corrected chi connectivity index (χ2v) is 4.34. The fourth-order valence-corrected chi connectivity index (χ4v) is 1.89. The highest BCUT2D eigenvalue weighted by Crippen LogP contribution is 2.25. The molecule has 3 aromatic rings. The van der Waals surface area contributed by atoms with Gasteiger partial charge in [-0.25, -0.2) is 4.68 Å². The van der Waals surface area contributed by atoms with E-state index < -0.39 is 0 Å². The van der Waals surface area contributed by atoms with E-state index in [-0.39, 0.29) is 5.75 Å². The molecule has 1 aromatic heterocycles. The van der Waals surface area contributed by atoms with Crippen molar-refractivity contribution in [2.24, 2.45) is 0 Å². The van der Waals surface area contributed by atoms with Crippen molar-refractivity contribution < 1.29 is 9.84 Å². The first-order valence-electron chi connectivity index (χ1n) is 6.34. The van der Waals surface area contributed by atoms with Gasteiger partial charge in [0.05, 0.1) is 5.69 Å². The summed E-state index contributed by atoms with van der Waals surface area (Å²) in [5, 5.41) is 14.1. The second kappa shape index (κ2) is 5.48. The maximum absolute atomic E-state index is 9.62. The average molecular weight is 266 g/mol. The lowest BCUT2D eigenvalue weighted by Gasteiger charge is -2.05. The molecule has 0 amide bonds. The molecule has 0 radical (unpaired) electrons. The van der Waals surface area contributed by atoms with E-state index in [9.17, 15) is 5.11 Å². The first-order chi connectivity index (χ1) is 9.83. The largest absolute Gasteiger partial charge is 0.504 e. The van der Waals surface area contributed by atoms with E-state index in [4.69, 9.17) is 4.74 Å². The quantitative estimate of drug-likeness (QED) is 0.789. The second-order valence-electron chi connectivity index (χ2n) is 4.34. The van der Waals surface area contributed by atoms with Crippen molar-refractivity contribution in [2.45, 2.75) is 6.61 Å². The number of phenolic OH excluding ortho intramolecular Hbond substituents is 1. The predicted molar refractivity (Wildman–Crippen MR) is 76.0 cm³/mol. The Morgan fingerprint density at radius 2 is 1.70 bits per heavy atom. The fraction of sp³-hybridized carbons (Fsp3) is 0.0625. The maximum atomic E-state index is 9.62. The molecule has 0 aliphatic rings. The monoisotopic (exact) mass is 266 g/mol. The average Bonchev–Trinajstić information content (AvgIpc) is 2.96. The van der Waals surface area contributed by atoms with Crippen molar-refractivity contribution in [3.63, 3.8) is 0 Å². The van der Waals surface area contributed by atoms with Crippen LogP contribution in [0, 0.1) is 0 Å². The molecular formula is C16H14N2O2. The van der Waals surface area contributed by atoms with Crippen molar-refractivity contribution in [1.82, 2.24) is 9.78 Å². The third-order valence-electron chi connectivity index (χ3n) is 2.91. The Kier molecular flexibility index (Phi) is 3.37. The highest BCUT2D eigenvalue weighted by atomic mass is 16.5. The summed E-state index contributed by atoms with van der Waals surface area (Å²) in [6.07, 6.45) is 1.89. The van der Waals surface area contributed by atoms with Crippen LogP contribution in [-0.4, -0.2) is 14.9 Å². The molecule has 0 bridgehead atoms. The van der Waals surface area contributed by atoms with E-state index in [1.54, 1.807) is 22.9 Å². The van der Waals surface area contributed by atoms with Gasteiger partial charge in [-0.15, -0.1) is 0 Å². The number of hydrogen-bond acceptors (Lipinski definition) is 3. The third kappa shape index (κ3) is 2.64. The topological polar surface area (TPSA) is 47.3 Å². The van der Waals surface area contributed by atoms with Crippen molar-refractivity contribution in [3.8, 4) is 17.2 Å². The minimum Gasteiger partial charge on any atom is -0.504 e. The lowest BCUT2D eigenvalue weighted by molar-refractivity contribution is 0.284. The molecule has 0 unspecified atom stereocenters. The molecule has 0 aliphatic heterocycles. The molecule has 20 heavy (non-hydrogen) atoms. The summed E-state index contributed by atoms with van der Waals surface area (Å²) in [7, 11) is 0. The first kappa shape index (κ1) is 12.3. The Labute approximate surface area is 116 Å². The lowest BCUT2D eigenvalue weighted by Crippen LogP contribution is -1.99. The van der Waals surface area contributed by atoms with Crippen molar-refractivity contribution in [2.75, 3.05) is 0 Å². The predicted octanol–water partition coefficient (Wildman–Crippen LogP) is 3.16. The Morgan fingerprint density at radius 1 is 0.950 bits per heavy atom. The Hall–Kier alpha value is -2.75. The van der Waals surface area contributed by atoms with Crippen LogP contribution in [0.5, 0.6) is 11.5 Å².